The Kier molecular flexibility index (Phi) is 7.33. The van der Waals surface area contributed by atoms with E-state index in [1.165, 1.54) is 11.1 Å². The first-order chi connectivity index (χ1) is 17.6. The number of para-hydroxylation sites is 2. The summed E-state index contributed by atoms with van der Waals surface area (Å²) in [5, 5.41) is 3.13. The molecule has 1 aliphatic heterocycles. The van der Waals surface area contributed by atoms with Crippen LogP contribution in [0.4, 0.5) is 0 Å². The minimum Gasteiger partial charge on any atom is -0.497 e. The molecule has 186 valence electrons. The van der Waals surface area contributed by atoms with Crippen molar-refractivity contribution in [2.45, 2.75) is 39.4 Å². The Morgan fingerprint density at radius 3 is 2.36 bits per heavy atom. The molecule has 0 atom stereocenters. The Balaban J connectivity index is 1.21. The molecule has 1 amide bonds. The zero-order chi connectivity index (χ0) is 24.9. The summed E-state index contributed by atoms with van der Waals surface area (Å²) in [5.74, 6) is 2.17. The fraction of sp³-hybridized carbons (Fsp3) is 0.333. The number of rotatable bonds is 8. The third-order valence-corrected chi connectivity index (χ3v) is 7.14. The number of hydrogen-bond donors (Lipinski definition) is 1. The third kappa shape index (κ3) is 5.60. The van der Waals surface area contributed by atoms with E-state index in [4.69, 9.17) is 9.72 Å². The number of benzene rings is 3. The van der Waals surface area contributed by atoms with Crippen LogP contribution in [0.3, 0.4) is 0 Å². The van der Waals surface area contributed by atoms with E-state index in [0.29, 0.717) is 6.54 Å². The lowest BCUT2D eigenvalue weighted by Crippen LogP contribution is -2.40. The fourth-order valence-corrected chi connectivity index (χ4v) is 4.93. The number of aryl methyl sites for hydroxylation is 1. The van der Waals surface area contributed by atoms with E-state index in [1.54, 1.807) is 7.11 Å². The summed E-state index contributed by atoms with van der Waals surface area (Å²) >= 11 is 0. The first kappa shape index (κ1) is 24.1. The van der Waals surface area contributed by atoms with Crippen LogP contribution in [-0.2, 0) is 24.4 Å². The maximum absolute atomic E-state index is 12.8. The van der Waals surface area contributed by atoms with Gasteiger partial charge < -0.3 is 14.6 Å². The molecule has 0 aliphatic carbocycles. The van der Waals surface area contributed by atoms with Crippen molar-refractivity contribution in [3.8, 4) is 5.75 Å². The molecule has 1 aromatic heterocycles. The maximum Gasteiger partial charge on any atom is 0.223 e. The number of carbonyl (C=O) groups is 1. The SMILES string of the molecule is COc1ccc(Cn2c(CN3CCC(C(=O)NCc4ccc(C)cc4)CC3)nc3ccccc32)cc1. The molecule has 6 nitrogen and oxygen atoms in total. The van der Waals surface area contributed by atoms with Gasteiger partial charge in [0.2, 0.25) is 5.91 Å². The van der Waals surface area contributed by atoms with Gasteiger partial charge in [0.25, 0.3) is 0 Å². The lowest BCUT2D eigenvalue weighted by molar-refractivity contribution is -0.126. The van der Waals surface area contributed by atoms with Crippen LogP contribution in [0, 0.1) is 12.8 Å². The van der Waals surface area contributed by atoms with Crippen molar-refractivity contribution < 1.29 is 9.53 Å². The second-order valence-electron chi connectivity index (χ2n) is 9.70. The van der Waals surface area contributed by atoms with Gasteiger partial charge in [0.05, 0.1) is 24.7 Å². The molecular weight excluding hydrogens is 448 g/mol. The molecule has 4 aromatic rings. The smallest absolute Gasteiger partial charge is 0.223 e. The van der Waals surface area contributed by atoms with E-state index >= 15 is 0 Å². The highest BCUT2D eigenvalue weighted by molar-refractivity contribution is 5.78. The number of aromatic nitrogens is 2. The van der Waals surface area contributed by atoms with E-state index < -0.39 is 0 Å². The van der Waals surface area contributed by atoms with Gasteiger partial charge >= 0.3 is 0 Å². The third-order valence-electron chi connectivity index (χ3n) is 7.14. The van der Waals surface area contributed by atoms with E-state index in [1.807, 2.05) is 18.2 Å². The Labute approximate surface area is 212 Å². The number of ether oxygens (including phenoxy) is 1. The summed E-state index contributed by atoms with van der Waals surface area (Å²) in [5.41, 5.74) is 5.75. The molecule has 1 N–H and O–H groups in total. The highest BCUT2D eigenvalue weighted by Crippen LogP contribution is 2.23. The Morgan fingerprint density at radius 1 is 0.944 bits per heavy atom. The molecule has 3 aromatic carbocycles. The number of fused-ring (bicyclic) bond motifs is 1. The van der Waals surface area contributed by atoms with E-state index in [-0.39, 0.29) is 11.8 Å². The number of nitrogens with zero attached hydrogens (tertiary/aromatic N) is 3. The van der Waals surface area contributed by atoms with Crippen molar-refractivity contribution in [1.29, 1.82) is 0 Å². The number of carbonyl (C=O) groups excluding carboxylic acids is 1. The van der Waals surface area contributed by atoms with E-state index in [2.05, 4.69) is 76.3 Å². The summed E-state index contributed by atoms with van der Waals surface area (Å²) in [6, 6.07) is 24.9. The predicted octanol–water partition coefficient (Wildman–Crippen LogP) is 4.93. The van der Waals surface area contributed by atoms with E-state index in [0.717, 1.165) is 67.2 Å². The summed E-state index contributed by atoms with van der Waals surface area (Å²) in [7, 11) is 1.69. The molecule has 0 saturated carbocycles. The van der Waals surface area contributed by atoms with Gasteiger partial charge in [-0.3, -0.25) is 9.69 Å². The molecule has 5 rings (SSSR count). The fourth-order valence-electron chi connectivity index (χ4n) is 4.93. The maximum atomic E-state index is 12.8. The van der Waals surface area contributed by atoms with Crippen LogP contribution in [0.2, 0.25) is 0 Å². The van der Waals surface area contributed by atoms with Crippen molar-refractivity contribution in [2.75, 3.05) is 20.2 Å². The molecule has 6 heteroatoms. The lowest BCUT2D eigenvalue weighted by atomic mass is 9.96. The standard InChI is InChI=1S/C30H34N4O2/c1-22-7-9-23(10-8-22)19-31-30(35)25-15-17-33(18-16-25)21-29-32-27-5-3-4-6-28(27)34(29)20-24-11-13-26(36-2)14-12-24/h3-14,25H,15-21H2,1-2H3,(H,31,35). The van der Waals surface area contributed by atoms with Crippen LogP contribution >= 0.6 is 0 Å². The van der Waals surface area contributed by atoms with Gasteiger partial charge in [-0.2, -0.15) is 0 Å². The molecule has 0 bridgehead atoms. The van der Waals surface area contributed by atoms with Gasteiger partial charge in [0.15, 0.2) is 0 Å². The average Bonchev–Trinajstić information content (AvgIpc) is 3.25. The van der Waals surface area contributed by atoms with Crippen molar-refractivity contribution >= 4 is 16.9 Å². The molecule has 1 saturated heterocycles. The van der Waals surface area contributed by atoms with Crippen molar-refractivity contribution in [3.05, 3.63) is 95.3 Å². The Bertz CT molecular complexity index is 1300. The highest BCUT2D eigenvalue weighted by atomic mass is 16.5. The van der Waals surface area contributed by atoms with Crippen molar-refractivity contribution in [2.24, 2.45) is 5.92 Å². The number of hydrogen-bond acceptors (Lipinski definition) is 4. The number of imidazole rings is 1. The van der Waals surface area contributed by atoms with Crippen LogP contribution in [0.15, 0.2) is 72.8 Å². The van der Waals surface area contributed by atoms with Gasteiger partial charge in [-0.15, -0.1) is 0 Å². The molecule has 2 heterocycles. The molecule has 1 aliphatic rings. The first-order valence-corrected chi connectivity index (χ1v) is 12.7. The van der Waals surface area contributed by atoms with Crippen LogP contribution in [0.5, 0.6) is 5.75 Å². The van der Waals surface area contributed by atoms with Gasteiger partial charge in [0, 0.05) is 19.0 Å². The quantitative estimate of drug-likeness (QED) is 0.387. The molecule has 0 radical (unpaired) electrons. The van der Waals surface area contributed by atoms with Crippen LogP contribution in [0.25, 0.3) is 11.0 Å². The molecule has 1 fully saturated rings. The first-order valence-electron chi connectivity index (χ1n) is 12.7. The van der Waals surface area contributed by atoms with Crippen molar-refractivity contribution in [1.82, 2.24) is 19.8 Å². The lowest BCUT2D eigenvalue weighted by Gasteiger charge is -2.31. The zero-order valence-electron chi connectivity index (χ0n) is 21.1. The van der Waals surface area contributed by atoms with Crippen LogP contribution in [0.1, 0.15) is 35.4 Å². The number of piperidine rings is 1. The van der Waals surface area contributed by atoms with Gasteiger partial charge in [0.1, 0.15) is 11.6 Å². The number of methoxy groups -OCH3 is 1. The average molecular weight is 483 g/mol. The topological polar surface area (TPSA) is 59.4 Å². The van der Waals surface area contributed by atoms with Crippen molar-refractivity contribution in [3.63, 3.8) is 0 Å². The predicted molar refractivity (Wildman–Crippen MR) is 143 cm³/mol. The molecule has 36 heavy (non-hydrogen) atoms. The zero-order valence-corrected chi connectivity index (χ0v) is 21.1. The summed E-state index contributed by atoms with van der Waals surface area (Å²) in [4.78, 5) is 20.2. The summed E-state index contributed by atoms with van der Waals surface area (Å²) in [6.07, 6.45) is 1.75. The minimum absolute atomic E-state index is 0.0739. The molecule has 0 spiro atoms. The van der Waals surface area contributed by atoms with Crippen LogP contribution < -0.4 is 10.1 Å². The number of nitrogens with one attached hydrogen (secondary N) is 1. The van der Waals surface area contributed by atoms with Gasteiger partial charge in [-0.05, 0) is 68.2 Å². The van der Waals surface area contributed by atoms with E-state index in [9.17, 15) is 4.79 Å². The largest absolute Gasteiger partial charge is 0.497 e. The second-order valence-corrected chi connectivity index (χ2v) is 9.70. The van der Waals surface area contributed by atoms with Gasteiger partial charge in [-0.1, -0.05) is 54.1 Å². The highest BCUT2D eigenvalue weighted by Gasteiger charge is 2.26. The molecular formula is C30H34N4O2. The Morgan fingerprint density at radius 2 is 1.64 bits per heavy atom. The summed E-state index contributed by atoms with van der Waals surface area (Å²) < 4.78 is 7.63. The normalized spacial score (nSPS) is 14.7. The number of amides is 1. The minimum atomic E-state index is 0.0739. The number of likely N-dealkylation sites (tertiary alicyclic amines) is 1. The monoisotopic (exact) mass is 482 g/mol. The van der Waals surface area contributed by atoms with Crippen LogP contribution in [-0.4, -0.2) is 40.6 Å². The molecule has 0 unspecified atom stereocenters. The Hall–Kier alpha value is -3.64. The summed E-state index contributed by atoms with van der Waals surface area (Å²) in [6.45, 7) is 6.00. The van der Waals surface area contributed by atoms with Gasteiger partial charge in [-0.25, -0.2) is 4.98 Å². The second kappa shape index (κ2) is 11.0.